The van der Waals surface area contributed by atoms with Gasteiger partial charge < -0.3 is 14.6 Å². The van der Waals surface area contributed by atoms with Crippen LogP contribution in [0.15, 0.2) is 41.0 Å². The summed E-state index contributed by atoms with van der Waals surface area (Å²) < 4.78 is 5.45. The van der Waals surface area contributed by atoms with E-state index in [2.05, 4.69) is 10.3 Å². The number of hydrogen-bond acceptors (Lipinski definition) is 4. The standard InChI is InChI=1S/C20H27N3O3/c1-5-14(3)21-19(24)17-13-26-18(22-17)12-23(15(4)6-2)20(25)16-10-8-7-9-11-16/h7-11,13-15H,5-6,12H2,1-4H3,(H,21,24)/t14-,15-/m1/s1. The molecule has 0 radical (unpaired) electrons. The molecule has 2 amide bonds. The van der Waals surface area contributed by atoms with Crippen LogP contribution in [0.4, 0.5) is 0 Å². The topological polar surface area (TPSA) is 75.4 Å². The minimum absolute atomic E-state index is 0.0204. The number of carbonyl (C=O) groups excluding carboxylic acids is 2. The number of nitrogens with zero attached hydrogens (tertiary/aromatic N) is 2. The Morgan fingerprint density at radius 3 is 2.46 bits per heavy atom. The van der Waals surface area contributed by atoms with Crippen molar-refractivity contribution in [2.75, 3.05) is 0 Å². The fourth-order valence-corrected chi connectivity index (χ4v) is 2.43. The molecule has 2 atom stereocenters. The summed E-state index contributed by atoms with van der Waals surface area (Å²) in [6.07, 6.45) is 2.99. The van der Waals surface area contributed by atoms with Crippen LogP contribution >= 0.6 is 0 Å². The first-order valence-electron chi connectivity index (χ1n) is 9.07. The maximum atomic E-state index is 12.9. The maximum absolute atomic E-state index is 12.9. The molecule has 140 valence electrons. The molecule has 26 heavy (non-hydrogen) atoms. The molecule has 0 spiro atoms. The zero-order chi connectivity index (χ0) is 19.1. The summed E-state index contributed by atoms with van der Waals surface area (Å²) in [6, 6.07) is 9.22. The van der Waals surface area contributed by atoms with Gasteiger partial charge in [0.05, 0.1) is 6.54 Å². The van der Waals surface area contributed by atoms with Crippen LogP contribution in [0.2, 0.25) is 0 Å². The van der Waals surface area contributed by atoms with E-state index in [-0.39, 0.29) is 36.1 Å². The lowest BCUT2D eigenvalue weighted by molar-refractivity contribution is 0.0652. The highest BCUT2D eigenvalue weighted by atomic mass is 16.3. The van der Waals surface area contributed by atoms with Crippen molar-refractivity contribution in [1.82, 2.24) is 15.2 Å². The second kappa shape index (κ2) is 9.17. The van der Waals surface area contributed by atoms with E-state index in [0.29, 0.717) is 11.5 Å². The zero-order valence-corrected chi connectivity index (χ0v) is 15.9. The highest BCUT2D eigenvalue weighted by Gasteiger charge is 2.23. The lowest BCUT2D eigenvalue weighted by Gasteiger charge is -2.27. The number of benzene rings is 1. The quantitative estimate of drug-likeness (QED) is 0.782. The maximum Gasteiger partial charge on any atom is 0.273 e. The highest BCUT2D eigenvalue weighted by molar-refractivity contribution is 5.94. The van der Waals surface area contributed by atoms with E-state index in [1.54, 1.807) is 17.0 Å². The van der Waals surface area contributed by atoms with Gasteiger partial charge in [-0.3, -0.25) is 9.59 Å². The Morgan fingerprint density at radius 1 is 1.15 bits per heavy atom. The second-order valence-electron chi connectivity index (χ2n) is 6.47. The lowest BCUT2D eigenvalue weighted by atomic mass is 10.1. The van der Waals surface area contributed by atoms with Crippen molar-refractivity contribution < 1.29 is 14.0 Å². The smallest absolute Gasteiger partial charge is 0.273 e. The van der Waals surface area contributed by atoms with E-state index in [9.17, 15) is 9.59 Å². The molecule has 0 aliphatic carbocycles. The molecule has 0 saturated carbocycles. The van der Waals surface area contributed by atoms with Crippen molar-refractivity contribution >= 4 is 11.8 Å². The third-order valence-electron chi connectivity index (χ3n) is 4.48. The van der Waals surface area contributed by atoms with Gasteiger partial charge in [-0.05, 0) is 38.8 Å². The summed E-state index contributed by atoms with van der Waals surface area (Å²) in [5, 5.41) is 2.85. The minimum atomic E-state index is -0.265. The van der Waals surface area contributed by atoms with Gasteiger partial charge in [-0.25, -0.2) is 4.98 Å². The summed E-state index contributed by atoms with van der Waals surface area (Å²) in [5.74, 6) is 0.00599. The summed E-state index contributed by atoms with van der Waals surface area (Å²) in [4.78, 5) is 31.0. The molecule has 0 bridgehead atoms. The Bertz CT molecular complexity index is 727. The zero-order valence-electron chi connectivity index (χ0n) is 15.9. The first-order chi connectivity index (χ1) is 12.5. The van der Waals surface area contributed by atoms with Crippen LogP contribution in [-0.2, 0) is 6.54 Å². The second-order valence-corrected chi connectivity index (χ2v) is 6.47. The Kier molecular flexibility index (Phi) is 6.95. The fraction of sp³-hybridized carbons (Fsp3) is 0.450. The predicted molar refractivity (Wildman–Crippen MR) is 99.8 cm³/mol. The van der Waals surface area contributed by atoms with Crippen LogP contribution < -0.4 is 5.32 Å². The number of amides is 2. The van der Waals surface area contributed by atoms with Gasteiger partial charge in [0, 0.05) is 17.6 Å². The number of aromatic nitrogens is 1. The first kappa shape index (κ1) is 19.7. The van der Waals surface area contributed by atoms with Crippen molar-refractivity contribution in [2.24, 2.45) is 0 Å². The van der Waals surface area contributed by atoms with Gasteiger partial charge in [-0.1, -0.05) is 32.0 Å². The van der Waals surface area contributed by atoms with Crippen LogP contribution in [0, 0.1) is 0 Å². The molecule has 0 aliphatic heterocycles. The van der Waals surface area contributed by atoms with Gasteiger partial charge >= 0.3 is 0 Å². The van der Waals surface area contributed by atoms with E-state index in [1.807, 2.05) is 45.9 Å². The number of hydrogen-bond donors (Lipinski definition) is 1. The fourth-order valence-electron chi connectivity index (χ4n) is 2.43. The molecule has 1 N–H and O–H groups in total. The van der Waals surface area contributed by atoms with Crippen molar-refractivity contribution in [3.8, 4) is 0 Å². The average molecular weight is 357 g/mol. The molecule has 6 heteroatoms. The van der Waals surface area contributed by atoms with E-state index in [4.69, 9.17) is 4.42 Å². The largest absolute Gasteiger partial charge is 0.446 e. The molecular formula is C20H27N3O3. The minimum Gasteiger partial charge on any atom is -0.446 e. The number of rotatable bonds is 8. The first-order valence-corrected chi connectivity index (χ1v) is 9.07. The van der Waals surface area contributed by atoms with Gasteiger partial charge in [-0.15, -0.1) is 0 Å². The molecule has 2 aromatic rings. The van der Waals surface area contributed by atoms with Crippen molar-refractivity contribution in [2.45, 2.75) is 59.2 Å². The summed E-state index contributed by atoms with van der Waals surface area (Å²) in [6.45, 7) is 8.16. The van der Waals surface area contributed by atoms with E-state index in [1.165, 1.54) is 6.26 Å². The van der Waals surface area contributed by atoms with Crippen molar-refractivity contribution in [1.29, 1.82) is 0 Å². The molecular weight excluding hydrogens is 330 g/mol. The Labute approximate surface area is 154 Å². The number of oxazole rings is 1. The average Bonchev–Trinajstić information content (AvgIpc) is 3.14. The number of carbonyl (C=O) groups is 2. The third kappa shape index (κ3) is 4.94. The van der Waals surface area contributed by atoms with Crippen LogP contribution in [0.25, 0.3) is 0 Å². The molecule has 0 fully saturated rings. The summed E-state index contributed by atoms with van der Waals surface area (Å²) >= 11 is 0. The van der Waals surface area contributed by atoms with Crippen LogP contribution in [0.1, 0.15) is 67.3 Å². The predicted octanol–water partition coefficient (Wildman–Crippen LogP) is 3.64. The van der Waals surface area contributed by atoms with E-state index in [0.717, 1.165) is 12.8 Å². The molecule has 2 rings (SSSR count). The molecule has 1 aromatic heterocycles. The van der Waals surface area contributed by atoms with E-state index < -0.39 is 0 Å². The Morgan fingerprint density at radius 2 is 1.85 bits per heavy atom. The summed E-state index contributed by atoms with van der Waals surface area (Å²) in [7, 11) is 0. The molecule has 6 nitrogen and oxygen atoms in total. The lowest BCUT2D eigenvalue weighted by Crippen LogP contribution is -2.38. The highest BCUT2D eigenvalue weighted by Crippen LogP contribution is 2.15. The van der Waals surface area contributed by atoms with E-state index >= 15 is 0 Å². The van der Waals surface area contributed by atoms with Crippen molar-refractivity contribution in [3.05, 3.63) is 53.7 Å². The molecule has 1 aromatic carbocycles. The van der Waals surface area contributed by atoms with Crippen LogP contribution in [0.3, 0.4) is 0 Å². The van der Waals surface area contributed by atoms with Gasteiger partial charge in [0.15, 0.2) is 5.69 Å². The van der Waals surface area contributed by atoms with Gasteiger partial charge in [0.25, 0.3) is 11.8 Å². The Hall–Kier alpha value is -2.63. The van der Waals surface area contributed by atoms with Crippen LogP contribution in [-0.4, -0.2) is 33.8 Å². The SMILES string of the molecule is CC[C@@H](C)NC(=O)c1coc(CN(C(=O)c2ccccc2)[C@H](C)CC)n1. The molecule has 1 heterocycles. The van der Waals surface area contributed by atoms with Gasteiger partial charge in [-0.2, -0.15) is 0 Å². The normalized spacial score (nSPS) is 13.1. The summed E-state index contributed by atoms with van der Waals surface area (Å²) in [5.41, 5.74) is 0.852. The molecule has 0 aliphatic rings. The molecule has 0 saturated heterocycles. The van der Waals surface area contributed by atoms with Crippen molar-refractivity contribution in [3.63, 3.8) is 0 Å². The number of nitrogens with one attached hydrogen (secondary N) is 1. The van der Waals surface area contributed by atoms with Gasteiger partial charge in [0.1, 0.15) is 6.26 Å². The third-order valence-corrected chi connectivity index (χ3v) is 4.48. The van der Waals surface area contributed by atoms with Gasteiger partial charge in [0.2, 0.25) is 5.89 Å². The molecule has 0 unspecified atom stereocenters. The Balaban J connectivity index is 2.14. The monoisotopic (exact) mass is 357 g/mol. The van der Waals surface area contributed by atoms with Crippen LogP contribution in [0.5, 0.6) is 0 Å².